The first kappa shape index (κ1) is 31.1. The molecule has 6 N–H and O–H groups in total. The number of nitrogens with one attached hydrogen (secondary N) is 3. The van der Waals surface area contributed by atoms with Gasteiger partial charge in [-0.25, -0.2) is 13.4 Å². The second kappa shape index (κ2) is 11.6. The van der Waals surface area contributed by atoms with E-state index in [2.05, 4.69) is 16.9 Å². The number of hydrogen-bond donors (Lipinski definition) is 5. The number of rotatable bonds is 6. The minimum atomic E-state index is -4.20. The van der Waals surface area contributed by atoms with Crippen molar-refractivity contribution in [2.24, 2.45) is 0 Å². The van der Waals surface area contributed by atoms with Gasteiger partial charge in [0.15, 0.2) is 9.84 Å². The Balaban J connectivity index is 1.83. The molecule has 0 aliphatic carbocycles. The number of piperazine rings is 1. The summed E-state index contributed by atoms with van der Waals surface area (Å²) in [6, 6.07) is 4.37. The van der Waals surface area contributed by atoms with Crippen LogP contribution in [-0.4, -0.2) is 82.7 Å². The molecule has 2 unspecified atom stereocenters. The number of nitrogens with zero attached hydrogens (tertiary/aromatic N) is 4. The number of benzene rings is 1. The Morgan fingerprint density at radius 1 is 1.25 bits per heavy atom. The van der Waals surface area contributed by atoms with Crippen molar-refractivity contribution in [2.45, 2.75) is 37.8 Å². The number of carbonyl (C=O) groups is 1. The van der Waals surface area contributed by atoms with Crippen LogP contribution in [-0.2, 0) is 14.6 Å². The van der Waals surface area contributed by atoms with Crippen LogP contribution in [0.4, 0.5) is 17.2 Å². The topological polar surface area (TPSA) is 189 Å². The summed E-state index contributed by atoms with van der Waals surface area (Å²) in [7, 11) is -4.20. The molecule has 5 rings (SSSR count). The molecule has 3 aromatic rings. The summed E-state index contributed by atoms with van der Waals surface area (Å²) in [6.45, 7) is 9.21. The van der Waals surface area contributed by atoms with E-state index < -0.39 is 27.7 Å². The molecule has 2 atom stereocenters. The number of fused-ring (bicyclic) bond motifs is 2. The molecule has 1 amide bonds. The lowest BCUT2D eigenvalue weighted by Gasteiger charge is -2.41. The van der Waals surface area contributed by atoms with E-state index in [1.54, 1.807) is 50.1 Å². The van der Waals surface area contributed by atoms with Gasteiger partial charge < -0.3 is 31.4 Å². The normalized spacial score (nSPS) is 18.1. The zero-order chi connectivity index (χ0) is 32.1. The number of amides is 1. The number of nitrogens with two attached hydrogens (primary N) is 1. The number of halogens is 1. The fraction of sp³-hybridized carbons (Fsp3) is 0.300. The Bertz CT molecular complexity index is 1840. The van der Waals surface area contributed by atoms with Gasteiger partial charge in [0.2, 0.25) is 5.91 Å². The predicted octanol–water partition coefficient (Wildman–Crippen LogP) is 3.60. The molecule has 0 bridgehead atoms. The number of pyridine rings is 2. The number of nitrogen functional groups attached to an aromatic ring is 1. The summed E-state index contributed by atoms with van der Waals surface area (Å²) in [4.78, 5) is 24.5. The molecule has 1 aromatic carbocycles. The zero-order valence-corrected chi connectivity index (χ0v) is 26.1. The highest BCUT2D eigenvalue weighted by Crippen LogP contribution is 2.44. The number of aliphatic hydroxyl groups excluding tert-OH is 1. The van der Waals surface area contributed by atoms with Gasteiger partial charge in [-0.05, 0) is 50.1 Å². The van der Waals surface area contributed by atoms with Crippen LogP contribution in [0.1, 0.15) is 41.0 Å². The third-order valence-electron chi connectivity index (χ3n) is 8.01. The Hall–Kier alpha value is -4.33. The molecule has 44 heavy (non-hydrogen) atoms. The zero-order valence-electron chi connectivity index (χ0n) is 24.5. The van der Waals surface area contributed by atoms with Gasteiger partial charge in [-0.15, -0.1) is 0 Å². The summed E-state index contributed by atoms with van der Waals surface area (Å²) in [5, 5.41) is 30.9. The quantitative estimate of drug-likeness (QED) is 0.153. The summed E-state index contributed by atoms with van der Waals surface area (Å²) in [5.41, 5.74) is 9.25. The second-order valence-corrected chi connectivity index (χ2v) is 13.2. The van der Waals surface area contributed by atoms with Crippen molar-refractivity contribution in [1.82, 2.24) is 19.8 Å². The molecule has 1 saturated heterocycles. The first-order valence-electron chi connectivity index (χ1n) is 13.8. The molecule has 4 heterocycles. The van der Waals surface area contributed by atoms with Crippen molar-refractivity contribution >= 4 is 56.6 Å². The Morgan fingerprint density at radius 2 is 1.98 bits per heavy atom. The minimum absolute atomic E-state index is 0.00831. The maximum absolute atomic E-state index is 14.3. The van der Waals surface area contributed by atoms with Crippen LogP contribution in [0.25, 0.3) is 11.3 Å². The maximum atomic E-state index is 14.3. The molecule has 0 saturated carbocycles. The molecule has 12 nitrogen and oxygen atoms in total. The van der Waals surface area contributed by atoms with Gasteiger partial charge in [0.05, 0.1) is 45.6 Å². The predicted molar refractivity (Wildman–Crippen MR) is 171 cm³/mol. The van der Waals surface area contributed by atoms with Crippen LogP contribution in [0.15, 0.2) is 41.9 Å². The van der Waals surface area contributed by atoms with E-state index in [-0.39, 0.29) is 64.1 Å². The highest BCUT2D eigenvalue weighted by molar-refractivity contribution is 7.91. The van der Waals surface area contributed by atoms with Crippen LogP contribution in [0.2, 0.25) is 5.02 Å². The van der Waals surface area contributed by atoms with Gasteiger partial charge in [0.1, 0.15) is 16.5 Å². The van der Waals surface area contributed by atoms with Gasteiger partial charge in [-0.3, -0.25) is 15.2 Å². The third kappa shape index (κ3) is 5.20. The van der Waals surface area contributed by atoms with Gasteiger partial charge >= 0.3 is 0 Å². The largest absolute Gasteiger partial charge is 0.398 e. The van der Waals surface area contributed by atoms with Crippen LogP contribution < -0.4 is 11.1 Å². The van der Waals surface area contributed by atoms with Crippen LogP contribution in [0.3, 0.4) is 0 Å². The second-order valence-electron chi connectivity index (χ2n) is 10.9. The molecule has 0 spiro atoms. The Morgan fingerprint density at radius 3 is 2.64 bits per heavy atom. The number of hydrogen-bond acceptors (Lipinski definition) is 10. The van der Waals surface area contributed by atoms with E-state index in [0.29, 0.717) is 33.6 Å². The van der Waals surface area contributed by atoms with Gasteiger partial charge in [-0.2, -0.15) is 0 Å². The highest BCUT2D eigenvalue weighted by atomic mass is 35.5. The van der Waals surface area contributed by atoms with Gasteiger partial charge in [0, 0.05) is 48.9 Å². The van der Waals surface area contributed by atoms with E-state index in [1.165, 1.54) is 11.0 Å². The molecule has 2 aliphatic rings. The minimum Gasteiger partial charge on any atom is -0.398 e. The smallest absolute Gasteiger partial charge is 0.246 e. The van der Waals surface area contributed by atoms with Gasteiger partial charge in [-0.1, -0.05) is 24.2 Å². The Labute approximate surface area is 260 Å². The SMILES string of the molecule is C=CC(=O)N1CCN2C(=N)c3c(Nc4c(C)ccnc4C(C)O)nc(-c4c(C)ccc(N)c4C=N)c(Cl)c3S(=O)(=O)CC2C1. The van der Waals surface area contributed by atoms with E-state index >= 15 is 0 Å². The standard InChI is InChI=1S/C30H33ClN8O4S/c1-5-21(41)38-10-11-39-18(13-38)14-44(42,43)28-23(29(39)34)30(36-25-16(3)8-9-35-26(25)17(4)40)37-27(24(28)31)22-15(2)6-7-20(33)19(22)12-32/h5-9,12,17-18,32,34,40H,1,10-11,13-14,33H2,2-4H3,(H,36,37). The number of aliphatic hydroxyl groups is 1. The number of aromatic nitrogens is 2. The van der Waals surface area contributed by atoms with Crippen LogP contribution in [0, 0.1) is 24.7 Å². The first-order chi connectivity index (χ1) is 20.8. The average molecular weight is 637 g/mol. The lowest BCUT2D eigenvalue weighted by atomic mass is 9.96. The summed E-state index contributed by atoms with van der Waals surface area (Å²) < 4.78 is 28.6. The number of anilines is 3. The number of carbonyl (C=O) groups excluding carboxylic acids is 1. The summed E-state index contributed by atoms with van der Waals surface area (Å²) >= 11 is 6.99. The highest BCUT2D eigenvalue weighted by Gasteiger charge is 2.43. The molecule has 2 aliphatic heterocycles. The van der Waals surface area contributed by atoms with Crippen molar-refractivity contribution in [1.29, 1.82) is 10.8 Å². The molecule has 2 aromatic heterocycles. The number of aryl methyl sites for hydroxylation is 2. The maximum Gasteiger partial charge on any atom is 0.246 e. The van der Waals surface area contributed by atoms with Crippen molar-refractivity contribution in [2.75, 3.05) is 36.4 Å². The molecule has 230 valence electrons. The summed E-state index contributed by atoms with van der Waals surface area (Å²) in [6.07, 6.45) is 2.82. The van der Waals surface area contributed by atoms with Crippen molar-refractivity contribution in [3.8, 4) is 11.3 Å². The molecular weight excluding hydrogens is 604 g/mol. The van der Waals surface area contributed by atoms with Crippen molar-refractivity contribution in [3.05, 3.63) is 70.0 Å². The molecular formula is C30H33ClN8O4S. The molecule has 14 heteroatoms. The van der Waals surface area contributed by atoms with Crippen molar-refractivity contribution < 1.29 is 18.3 Å². The first-order valence-corrected chi connectivity index (χ1v) is 15.9. The monoisotopic (exact) mass is 636 g/mol. The van der Waals surface area contributed by atoms with Gasteiger partial charge in [0.25, 0.3) is 0 Å². The average Bonchev–Trinajstić information content (AvgIpc) is 3.06. The van der Waals surface area contributed by atoms with E-state index in [4.69, 9.17) is 27.7 Å². The van der Waals surface area contributed by atoms with Crippen molar-refractivity contribution in [3.63, 3.8) is 0 Å². The summed E-state index contributed by atoms with van der Waals surface area (Å²) in [5.74, 6) is -0.857. The number of amidine groups is 1. The Kier molecular flexibility index (Phi) is 8.23. The van der Waals surface area contributed by atoms with E-state index in [0.717, 1.165) is 6.21 Å². The molecule has 0 radical (unpaired) electrons. The number of sulfone groups is 1. The van der Waals surface area contributed by atoms with E-state index in [1.807, 2.05) is 0 Å². The fourth-order valence-corrected chi connectivity index (χ4v) is 8.22. The molecule has 1 fully saturated rings. The lowest BCUT2D eigenvalue weighted by Crippen LogP contribution is -2.57. The van der Waals surface area contributed by atoms with E-state index in [9.17, 15) is 23.7 Å². The van der Waals surface area contributed by atoms with Crippen LogP contribution in [0.5, 0.6) is 0 Å². The fourth-order valence-electron chi connectivity index (χ4n) is 5.80. The lowest BCUT2D eigenvalue weighted by molar-refractivity contribution is -0.128. The third-order valence-corrected chi connectivity index (χ3v) is 10.3. The van der Waals surface area contributed by atoms with Crippen LogP contribution >= 0.6 is 11.6 Å².